The molecular weight excluding hydrogens is 224 g/mol. The maximum atomic E-state index is 8.87. The molecule has 2 aromatic heterocycles. The van der Waals surface area contributed by atoms with E-state index in [-0.39, 0.29) is 0 Å². The number of rotatable bonds is 1. The largest absolute Gasteiger partial charge is 0.244 e. The number of nitrogens with zero attached hydrogens (tertiary/aromatic N) is 4. The van der Waals surface area contributed by atoms with Crippen molar-refractivity contribution >= 4 is 11.0 Å². The summed E-state index contributed by atoms with van der Waals surface area (Å²) in [6.07, 6.45) is 11.1. The second kappa shape index (κ2) is 4.77. The second-order valence-electron chi connectivity index (χ2n) is 4.98. The number of hydrogen-bond donors (Lipinski definition) is 0. The monoisotopic (exact) mass is 240 g/mol. The molecule has 2 aromatic rings. The zero-order valence-electron chi connectivity index (χ0n) is 10.3. The van der Waals surface area contributed by atoms with Crippen molar-refractivity contribution in [2.75, 3.05) is 0 Å². The van der Waals surface area contributed by atoms with Gasteiger partial charge in [-0.2, -0.15) is 10.4 Å². The Labute approximate surface area is 106 Å². The molecule has 0 aromatic carbocycles. The van der Waals surface area contributed by atoms with E-state index < -0.39 is 0 Å². The lowest BCUT2D eigenvalue weighted by atomic mass is 10.1. The highest BCUT2D eigenvalue weighted by Crippen LogP contribution is 2.28. The normalized spacial score (nSPS) is 17.5. The number of hydrogen-bond acceptors (Lipinski definition) is 3. The highest BCUT2D eigenvalue weighted by atomic mass is 15.3. The highest BCUT2D eigenvalue weighted by Gasteiger charge is 2.17. The fourth-order valence-electron chi connectivity index (χ4n) is 2.77. The van der Waals surface area contributed by atoms with Crippen LogP contribution >= 0.6 is 0 Å². The molecule has 0 aliphatic heterocycles. The minimum atomic E-state index is 0.477. The zero-order chi connectivity index (χ0) is 12.4. The molecule has 18 heavy (non-hydrogen) atoms. The van der Waals surface area contributed by atoms with Crippen molar-refractivity contribution in [3.8, 4) is 6.07 Å². The summed E-state index contributed by atoms with van der Waals surface area (Å²) in [7, 11) is 0. The molecule has 0 bridgehead atoms. The summed E-state index contributed by atoms with van der Waals surface area (Å²) in [6, 6.07) is 4.46. The van der Waals surface area contributed by atoms with Crippen molar-refractivity contribution in [2.45, 2.75) is 44.6 Å². The van der Waals surface area contributed by atoms with Gasteiger partial charge in [0.05, 0.1) is 17.8 Å². The fraction of sp³-hybridized carbons (Fsp3) is 0.500. The van der Waals surface area contributed by atoms with Crippen molar-refractivity contribution < 1.29 is 0 Å². The van der Waals surface area contributed by atoms with Gasteiger partial charge in [0.1, 0.15) is 6.07 Å². The van der Waals surface area contributed by atoms with Gasteiger partial charge in [-0.05, 0) is 18.9 Å². The summed E-state index contributed by atoms with van der Waals surface area (Å²) in [6.45, 7) is 0. The van der Waals surface area contributed by atoms with Crippen LogP contribution in [0.15, 0.2) is 18.5 Å². The van der Waals surface area contributed by atoms with Gasteiger partial charge in [-0.15, -0.1) is 0 Å². The Morgan fingerprint density at radius 2 is 1.94 bits per heavy atom. The average molecular weight is 240 g/mol. The van der Waals surface area contributed by atoms with Crippen LogP contribution in [0, 0.1) is 11.3 Å². The van der Waals surface area contributed by atoms with Crippen molar-refractivity contribution in [2.24, 2.45) is 0 Å². The van der Waals surface area contributed by atoms with E-state index in [0.717, 1.165) is 11.0 Å². The first-order valence-corrected chi connectivity index (χ1v) is 6.62. The molecule has 4 heteroatoms. The average Bonchev–Trinajstić information content (AvgIpc) is 2.64. The fourth-order valence-corrected chi connectivity index (χ4v) is 2.77. The van der Waals surface area contributed by atoms with Crippen LogP contribution in [0.1, 0.15) is 50.1 Å². The first kappa shape index (κ1) is 11.2. The number of pyridine rings is 1. The van der Waals surface area contributed by atoms with Crippen molar-refractivity contribution in [1.82, 2.24) is 14.8 Å². The van der Waals surface area contributed by atoms with Crippen LogP contribution in [0.25, 0.3) is 11.0 Å². The van der Waals surface area contributed by atoms with E-state index in [0.29, 0.717) is 11.6 Å². The number of aromatic nitrogens is 3. The lowest BCUT2D eigenvalue weighted by Crippen LogP contribution is -2.10. The van der Waals surface area contributed by atoms with Gasteiger partial charge in [0.25, 0.3) is 0 Å². The maximum Gasteiger partial charge on any atom is 0.158 e. The molecule has 0 saturated heterocycles. The molecule has 1 fully saturated rings. The third-order valence-corrected chi connectivity index (χ3v) is 3.73. The van der Waals surface area contributed by atoms with Crippen LogP contribution in [0.5, 0.6) is 0 Å². The van der Waals surface area contributed by atoms with Crippen LogP contribution in [0.4, 0.5) is 0 Å². The van der Waals surface area contributed by atoms with Crippen molar-refractivity contribution in [3.63, 3.8) is 0 Å². The Kier molecular flexibility index (Phi) is 2.97. The van der Waals surface area contributed by atoms with Crippen LogP contribution in [-0.4, -0.2) is 14.8 Å². The van der Waals surface area contributed by atoms with E-state index in [9.17, 15) is 0 Å². The lowest BCUT2D eigenvalue weighted by Gasteiger charge is -2.15. The van der Waals surface area contributed by atoms with Crippen LogP contribution in [0.2, 0.25) is 0 Å². The molecule has 0 spiro atoms. The van der Waals surface area contributed by atoms with Crippen LogP contribution in [-0.2, 0) is 0 Å². The van der Waals surface area contributed by atoms with E-state index in [1.54, 1.807) is 6.20 Å². The number of fused-ring (bicyclic) bond motifs is 1. The van der Waals surface area contributed by atoms with E-state index in [4.69, 9.17) is 5.26 Å². The van der Waals surface area contributed by atoms with E-state index >= 15 is 0 Å². The molecule has 0 amide bonds. The molecule has 0 atom stereocenters. The van der Waals surface area contributed by atoms with Crippen molar-refractivity contribution in [3.05, 3.63) is 24.0 Å². The molecule has 1 aliphatic carbocycles. The topological polar surface area (TPSA) is 54.5 Å². The van der Waals surface area contributed by atoms with Gasteiger partial charge in [-0.1, -0.05) is 25.7 Å². The Morgan fingerprint density at radius 3 is 2.67 bits per heavy atom. The molecule has 3 rings (SSSR count). The molecule has 92 valence electrons. The Morgan fingerprint density at radius 1 is 1.17 bits per heavy atom. The van der Waals surface area contributed by atoms with Gasteiger partial charge in [-0.3, -0.25) is 0 Å². The molecule has 0 unspecified atom stereocenters. The molecule has 4 nitrogen and oxygen atoms in total. The smallest absolute Gasteiger partial charge is 0.158 e. The summed E-state index contributed by atoms with van der Waals surface area (Å²) in [4.78, 5) is 4.40. The Hall–Kier alpha value is -1.89. The minimum absolute atomic E-state index is 0.477. The van der Waals surface area contributed by atoms with Crippen molar-refractivity contribution in [1.29, 1.82) is 5.26 Å². The number of nitriles is 1. The van der Waals surface area contributed by atoms with Gasteiger partial charge in [0.15, 0.2) is 5.65 Å². The van der Waals surface area contributed by atoms with E-state index in [1.165, 1.54) is 38.5 Å². The summed E-state index contributed by atoms with van der Waals surface area (Å²) in [5.74, 6) is 0. The summed E-state index contributed by atoms with van der Waals surface area (Å²) in [5.41, 5.74) is 1.52. The maximum absolute atomic E-state index is 8.87. The van der Waals surface area contributed by atoms with Gasteiger partial charge < -0.3 is 0 Å². The second-order valence-corrected chi connectivity index (χ2v) is 4.98. The standard InChI is InChI=1S/C14H16N4/c15-8-11-7-12-10-17-18(14(12)16-9-11)13-5-3-1-2-4-6-13/h7,9-10,13H,1-6H2. The van der Waals surface area contributed by atoms with E-state index in [2.05, 4.69) is 20.8 Å². The third kappa shape index (κ3) is 1.97. The Balaban J connectivity index is 1.99. The predicted octanol–water partition coefficient (Wildman–Crippen LogP) is 3.20. The third-order valence-electron chi connectivity index (χ3n) is 3.73. The quantitative estimate of drug-likeness (QED) is 0.719. The minimum Gasteiger partial charge on any atom is -0.244 e. The molecule has 0 N–H and O–H groups in total. The molecule has 0 radical (unpaired) electrons. The summed E-state index contributed by atoms with van der Waals surface area (Å²) >= 11 is 0. The zero-order valence-corrected chi connectivity index (χ0v) is 10.3. The first-order chi connectivity index (χ1) is 8.88. The van der Waals surface area contributed by atoms with Crippen LogP contribution in [0.3, 0.4) is 0 Å². The van der Waals surface area contributed by atoms with Gasteiger partial charge in [0, 0.05) is 11.6 Å². The highest BCUT2D eigenvalue weighted by molar-refractivity contribution is 5.75. The Bertz CT molecular complexity index is 585. The summed E-state index contributed by atoms with van der Waals surface area (Å²) in [5, 5.41) is 14.3. The molecule has 1 aliphatic rings. The van der Waals surface area contributed by atoms with Crippen LogP contribution < -0.4 is 0 Å². The van der Waals surface area contributed by atoms with Gasteiger partial charge >= 0.3 is 0 Å². The summed E-state index contributed by atoms with van der Waals surface area (Å²) < 4.78 is 2.06. The predicted molar refractivity (Wildman–Crippen MR) is 69.0 cm³/mol. The first-order valence-electron chi connectivity index (χ1n) is 6.62. The molecule has 2 heterocycles. The van der Waals surface area contributed by atoms with Gasteiger partial charge in [0.2, 0.25) is 0 Å². The molecular formula is C14H16N4. The van der Waals surface area contributed by atoms with Gasteiger partial charge in [-0.25, -0.2) is 9.67 Å². The molecule has 1 saturated carbocycles. The van der Waals surface area contributed by atoms with E-state index in [1.807, 2.05) is 12.3 Å². The SMILES string of the molecule is N#Cc1cnc2c(cnn2C2CCCCCC2)c1. The lowest BCUT2D eigenvalue weighted by molar-refractivity contribution is 0.415.